The van der Waals surface area contributed by atoms with E-state index in [0.717, 1.165) is 12.1 Å². The molecule has 0 radical (unpaired) electrons. The summed E-state index contributed by atoms with van der Waals surface area (Å²) in [6.45, 7) is 5.09. The summed E-state index contributed by atoms with van der Waals surface area (Å²) in [5.41, 5.74) is -0.748. The molecule has 0 saturated heterocycles. The molecular weight excluding hydrogens is 329 g/mol. The van der Waals surface area contributed by atoms with Crippen LogP contribution >= 0.6 is 10.7 Å². The Morgan fingerprint density at radius 2 is 1.80 bits per heavy atom. The maximum absolute atomic E-state index is 13.8. The highest BCUT2D eigenvalue weighted by Gasteiger charge is 2.27. The van der Waals surface area contributed by atoms with Crippen molar-refractivity contribution in [1.82, 2.24) is 4.72 Å². The van der Waals surface area contributed by atoms with Gasteiger partial charge in [0.05, 0.1) is 4.90 Å². The Kier molecular flexibility index (Phi) is 4.85. The molecule has 1 rings (SSSR count). The second-order valence-corrected chi connectivity index (χ2v) is 9.09. The van der Waals surface area contributed by atoms with Gasteiger partial charge in [0, 0.05) is 16.2 Å². The van der Waals surface area contributed by atoms with E-state index in [0.29, 0.717) is 12.5 Å². The molecule has 1 aromatic carbocycles. The lowest BCUT2D eigenvalue weighted by atomic mass is 10.0. The van der Waals surface area contributed by atoms with E-state index in [9.17, 15) is 21.2 Å². The molecule has 0 aromatic heterocycles. The maximum Gasteiger partial charge on any atom is 0.261 e. The Morgan fingerprint density at radius 3 is 2.20 bits per heavy atom. The van der Waals surface area contributed by atoms with Crippen LogP contribution in [0.15, 0.2) is 28.0 Å². The molecule has 0 aliphatic rings. The molecule has 0 heterocycles. The van der Waals surface area contributed by atoms with Gasteiger partial charge in [-0.25, -0.2) is 25.9 Å². The van der Waals surface area contributed by atoms with E-state index in [1.165, 1.54) is 0 Å². The van der Waals surface area contributed by atoms with Gasteiger partial charge in [-0.05, 0) is 38.5 Å². The minimum absolute atomic E-state index is 0.495. The van der Waals surface area contributed by atoms with Gasteiger partial charge in [-0.2, -0.15) is 0 Å². The maximum atomic E-state index is 13.8. The third kappa shape index (κ3) is 4.15. The first-order valence-corrected chi connectivity index (χ1v) is 9.46. The van der Waals surface area contributed by atoms with E-state index in [2.05, 4.69) is 4.72 Å². The van der Waals surface area contributed by atoms with E-state index in [1.807, 2.05) is 0 Å². The zero-order valence-corrected chi connectivity index (χ0v) is 13.5. The molecule has 5 nitrogen and oxygen atoms in total. The van der Waals surface area contributed by atoms with Crippen molar-refractivity contribution in [2.24, 2.45) is 0 Å². The van der Waals surface area contributed by atoms with Crippen molar-refractivity contribution in [3.8, 4) is 0 Å². The quantitative estimate of drug-likeness (QED) is 0.831. The molecular formula is C11H15ClFNO4S2. The summed E-state index contributed by atoms with van der Waals surface area (Å²) in [5, 5.41) is 0. The van der Waals surface area contributed by atoms with Crippen LogP contribution in [-0.4, -0.2) is 22.4 Å². The van der Waals surface area contributed by atoms with Gasteiger partial charge < -0.3 is 0 Å². The Labute approximate surface area is 122 Å². The van der Waals surface area contributed by atoms with Crippen molar-refractivity contribution in [2.75, 3.05) is 0 Å². The molecule has 114 valence electrons. The molecule has 0 fully saturated rings. The van der Waals surface area contributed by atoms with Crippen molar-refractivity contribution < 1.29 is 21.2 Å². The van der Waals surface area contributed by atoms with Crippen LogP contribution in [0.5, 0.6) is 0 Å². The molecule has 0 saturated carbocycles. The van der Waals surface area contributed by atoms with Gasteiger partial charge in [-0.15, -0.1) is 0 Å². The molecule has 1 aromatic rings. The third-order valence-corrected chi connectivity index (χ3v) is 5.85. The van der Waals surface area contributed by atoms with Gasteiger partial charge in [-0.1, -0.05) is 6.92 Å². The van der Waals surface area contributed by atoms with Crippen LogP contribution in [0.4, 0.5) is 4.39 Å². The van der Waals surface area contributed by atoms with E-state index >= 15 is 0 Å². The topological polar surface area (TPSA) is 80.3 Å². The van der Waals surface area contributed by atoms with E-state index in [4.69, 9.17) is 10.7 Å². The van der Waals surface area contributed by atoms with E-state index in [1.54, 1.807) is 20.8 Å². The summed E-state index contributed by atoms with van der Waals surface area (Å²) in [5.74, 6) is -1.17. The fraction of sp³-hybridized carbons (Fsp3) is 0.455. The number of halogens is 2. The molecule has 0 bridgehead atoms. The first kappa shape index (κ1) is 17.4. The zero-order valence-electron chi connectivity index (χ0n) is 11.1. The molecule has 0 aliphatic carbocycles. The zero-order chi connectivity index (χ0) is 15.8. The average molecular weight is 344 g/mol. The summed E-state index contributed by atoms with van der Waals surface area (Å²) in [7, 11) is -3.13. The van der Waals surface area contributed by atoms with Crippen LogP contribution in [0.25, 0.3) is 0 Å². The highest BCUT2D eigenvalue weighted by atomic mass is 35.7. The fourth-order valence-electron chi connectivity index (χ4n) is 1.34. The van der Waals surface area contributed by atoms with Gasteiger partial charge in [0.25, 0.3) is 9.05 Å². The first-order chi connectivity index (χ1) is 8.89. The second-order valence-electron chi connectivity index (χ2n) is 4.87. The molecule has 0 amide bonds. The summed E-state index contributed by atoms with van der Waals surface area (Å²) in [6.07, 6.45) is 0.502. The first-order valence-electron chi connectivity index (χ1n) is 5.67. The summed E-state index contributed by atoms with van der Waals surface area (Å²) in [4.78, 5) is -1.12. The van der Waals surface area contributed by atoms with Crippen LogP contribution < -0.4 is 4.72 Å². The van der Waals surface area contributed by atoms with Gasteiger partial charge in [0.2, 0.25) is 10.0 Å². The highest BCUT2D eigenvalue weighted by Crippen LogP contribution is 2.23. The smallest absolute Gasteiger partial charge is 0.207 e. The average Bonchev–Trinajstić information content (AvgIpc) is 2.26. The fourth-order valence-corrected chi connectivity index (χ4v) is 3.65. The van der Waals surface area contributed by atoms with Crippen LogP contribution in [0.2, 0.25) is 0 Å². The molecule has 9 heteroatoms. The molecule has 1 N–H and O–H groups in total. The Hall–Kier alpha value is -0.700. The number of benzene rings is 1. The number of rotatable bonds is 5. The van der Waals surface area contributed by atoms with E-state index < -0.39 is 40.2 Å². The lowest BCUT2D eigenvalue weighted by Crippen LogP contribution is -2.42. The highest BCUT2D eigenvalue weighted by molar-refractivity contribution is 8.13. The lowest BCUT2D eigenvalue weighted by Gasteiger charge is -2.24. The van der Waals surface area contributed by atoms with E-state index in [-0.39, 0.29) is 0 Å². The van der Waals surface area contributed by atoms with Gasteiger partial charge in [0.15, 0.2) is 0 Å². The minimum atomic E-state index is -4.11. The second kappa shape index (κ2) is 5.59. The number of nitrogens with one attached hydrogen (secondary N) is 1. The molecule has 0 unspecified atom stereocenters. The normalized spacial score (nSPS) is 13.4. The van der Waals surface area contributed by atoms with Crippen LogP contribution in [0, 0.1) is 5.82 Å². The number of sulfonamides is 1. The minimum Gasteiger partial charge on any atom is -0.207 e. The predicted molar refractivity (Wildman–Crippen MR) is 74.1 cm³/mol. The Balaban J connectivity index is 3.28. The van der Waals surface area contributed by atoms with Gasteiger partial charge >= 0.3 is 0 Å². The van der Waals surface area contributed by atoms with Gasteiger partial charge in [-0.3, -0.25) is 0 Å². The standard InChI is InChI=1S/C11H15ClFNO4S2/c1-4-11(2,3)14-20(17,18)10-6-5-8(7-9(10)13)19(12,15)16/h5-7,14H,4H2,1-3H3. The van der Waals surface area contributed by atoms with Crippen molar-refractivity contribution in [3.63, 3.8) is 0 Å². The number of hydrogen-bond donors (Lipinski definition) is 1. The molecule has 20 heavy (non-hydrogen) atoms. The van der Waals surface area contributed by atoms with Crippen LogP contribution in [0.3, 0.4) is 0 Å². The summed E-state index contributed by atoms with van der Waals surface area (Å²) < 4.78 is 62.4. The lowest BCUT2D eigenvalue weighted by molar-refractivity contribution is 0.437. The molecule has 0 spiro atoms. The Morgan fingerprint density at radius 1 is 1.25 bits per heavy atom. The van der Waals surface area contributed by atoms with Crippen molar-refractivity contribution in [2.45, 2.75) is 42.5 Å². The van der Waals surface area contributed by atoms with Crippen LogP contribution in [0.1, 0.15) is 27.2 Å². The van der Waals surface area contributed by atoms with Crippen molar-refractivity contribution >= 4 is 29.8 Å². The monoisotopic (exact) mass is 343 g/mol. The summed E-state index contributed by atoms with van der Waals surface area (Å²) >= 11 is 0. The summed E-state index contributed by atoms with van der Waals surface area (Å²) in [6, 6.07) is 2.40. The van der Waals surface area contributed by atoms with Crippen LogP contribution in [-0.2, 0) is 19.1 Å². The predicted octanol–water partition coefficient (Wildman–Crippen LogP) is 2.22. The third-order valence-electron chi connectivity index (χ3n) is 2.77. The number of hydrogen-bond acceptors (Lipinski definition) is 4. The molecule has 0 aliphatic heterocycles. The molecule has 0 atom stereocenters. The van der Waals surface area contributed by atoms with Crippen molar-refractivity contribution in [3.05, 3.63) is 24.0 Å². The SMILES string of the molecule is CCC(C)(C)NS(=O)(=O)c1ccc(S(=O)(=O)Cl)cc1F. The largest absolute Gasteiger partial charge is 0.261 e. The van der Waals surface area contributed by atoms with Crippen molar-refractivity contribution in [1.29, 1.82) is 0 Å². The van der Waals surface area contributed by atoms with Gasteiger partial charge in [0.1, 0.15) is 10.7 Å². The Bertz CT molecular complexity index is 714.